The lowest BCUT2D eigenvalue weighted by Gasteiger charge is -2.21. The summed E-state index contributed by atoms with van der Waals surface area (Å²) in [6.45, 7) is 8.03. The van der Waals surface area contributed by atoms with Crippen molar-refractivity contribution in [3.05, 3.63) is 17.2 Å². The highest BCUT2D eigenvalue weighted by Crippen LogP contribution is 2.24. The first-order valence-electron chi connectivity index (χ1n) is 6.33. The summed E-state index contributed by atoms with van der Waals surface area (Å²) in [6.07, 6.45) is 5.98. The molecule has 0 N–H and O–H groups in total. The van der Waals surface area contributed by atoms with Gasteiger partial charge in [-0.2, -0.15) is 0 Å². The molecule has 2 heterocycles. The van der Waals surface area contributed by atoms with E-state index in [1.165, 1.54) is 43.0 Å². The lowest BCUT2D eigenvalue weighted by atomic mass is 10.0. The molecule has 0 aliphatic carbocycles. The topological polar surface area (TPSA) is 17.8 Å². The zero-order valence-electron chi connectivity index (χ0n) is 10.2. The van der Waals surface area contributed by atoms with E-state index in [0.717, 1.165) is 18.8 Å². The Labute approximate surface area is 92.7 Å². The minimum Gasteiger partial charge on any atom is -0.332 e. The van der Waals surface area contributed by atoms with Gasteiger partial charge in [0.1, 0.15) is 5.82 Å². The summed E-state index contributed by atoms with van der Waals surface area (Å²) in [4.78, 5) is 4.81. The van der Waals surface area contributed by atoms with Crippen LogP contribution in [0.5, 0.6) is 0 Å². The maximum Gasteiger partial charge on any atom is 0.109 e. The van der Waals surface area contributed by atoms with E-state index in [2.05, 4.69) is 25.3 Å². The van der Waals surface area contributed by atoms with Crippen molar-refractivity contribution in [2.45, 2.75) is 59.4 Å². The highest BCUT2D eigenvalue weighted by Gasteiger charge is 2.21. The Morgan fingerprint density at radius 3 is 2.87 bits per heavy atom. The van der Waals surface area contributed by atoms with Crippen molar-refractivity contribution in [3.8, 4) is 0 Å². The summed E-state index contributed by atoms with van der Waals surface area (Å²) in [5, 5.41) is 0. The van der Waals surface area contributed by atoms with E-state index < -0.39 is 0 Å². The van der Waals surface area contributed by atoms with Crippen LogP contribution in [0.15, 0.2) is 0 Å². The Hall–Kier alpha value is -0.790. The van der Waals surface area contributed by atoms with Gasteiger partial charge in [-0.3, -0.25) is 0 Å². The molecule has 0 saturated carbocycles. The zero-order valence-corrected chi connectivity index (χ0v) is 10.2. The largest absolute Gasteiger partial charge is 0.332 e. The van der Waals surface area contributed by atoms with Crippen molar-refractivity contribution in [3.63, 3.8) is 0 Å². The Balaban J connectivity index is 2.35. The van der Waals surface area contributed by atoms with Gasteiger partial charge in [0.15, 0.2) is 0 Å². The van der Waals surface area contributed by atoms with Crippen LogP contribution >= 0.6 is 0 Å². The van der Waals surface area contributed by atoms with E-state index in [0.29, 0.717) is 0 Å². The van der Waals surface area contributed by atoms with Crippen LogP contribution < -0.4 is 0 Å². The van der Waals surface area contributed by atoms with Crippen molar-refractivity contribution in [1.82, 2.24) is 9.55 Å². The van der Waals surface area contributed by atoms with Crippen LogP contribution in [0.25, 0.3) is 0 Å². The average Bonchev–Trinajstić information content (AvgIpc) is 2.55. The second kappa shape index (κ2) is 4.38. The van der Waals surface area contributed by atoms with Crippen LogP contribution in [-0.2, 0) is 25.8 Å². The fourth-order valence-electron chi connectivity index (χ4n) is 2.61. The van der Waals surface area contributed by atoms with E-state index in [-0.39, 0.29) is 0 Å². The highest BCUT2D eigenvalue weighted by molar-refractivity contribution is 5.19. The molecule has 1 aliphatic heterocycles. The number of aryl methyl sites for hydroxylation is 2. The fraction of sp³-hybridized carbons (Fsp3) is 0.769. The first-order valence-corrected chi connectivity index (χ1v) is 6.33. The molecule has 1 unspecified atom stereocenters. The summed E-state index contributed by atoms with van der Waals surface area (Å²) in [6, 6.07) is 0. The maximum atomic E-state index is 4.81. The molecule has 2 heteroatoms. The molecule has 1 aromatic rings. The second-order valence-corrected chi connectivity index (χ2v) is 4.78. The number of imidazole rings is 1. The van der Waals surface area contributed by atoms with Gasteiger partial charge in [-0.25, -0.2) is 4.98 Å². The average molecular weight is 206 g/mol. The molecule has 84 valence electrons. The van der Waals surface area contributed by atoms with Crippen molar-refractivity contribution >= 4 is 0 Å². The fourth-order valence-corrected chi connectivity index (χ4v) is 2.61. The smallest absolute Gasteiger partial charge is 0.109 e. The maximum absolute atomic E-state index is 4.81. The normalized spacial score (nSPS) is 20.3. The van der Waals surface area contributed by atoms with Gasteiger partial charge in [0.2, 0.25) is 0 Å². The SMILES string of the molecule is CCCc1nc2n(c1CC)CC(C)CC2. The Morgan fingerprint density at radius 2 is 2.20 bits per heavy atom. The van der Waals surface area contributed by atoms with Crippen LogP contribution in [0, 0.1) is 5.92 Å². The van der Waals surface area contributed by atoms with Gasteiger partial charge in [0, 0.05) is 18.7 Å². The summed E-state index contributed by atoms with van der Waals surface area (Å²) >= 11 is 0. The third-order valence-corrected chi connectivity index (χ3v) is 3.41. The van der Waals surface area contributed by atoms with Crippen molar-refractivity contribution in [2.75, 3.05) is 0 Å². The van der Waals surface area contributed by atoms with Gasteiger partial charge in [-0.15, -0.1) is 0 Å². The summed E-state index contributed by atoms with van der Waals surface area (Å²) in [7, 11) is 0. The van der Waals surface area contributed by atoms with E-state index in [1.54, 1.807) is 0 Å². The van der Waals surface area contributed by atoms with E-state index in [4.69, 9.17) is 4.98 Å². The predicted molar refractivity (Wildman–Crippen MR) is 63.1 cm³/mol. The molecule has 0 saturated heterocycles. The summed E-state index contributed by atoms with van der Waals surface area (Å²) < 4.78 is 2.49. The number of aromatic nitrogens is 2. The lowest BCUT2D eigenvalue weighted by Crippen LogP contribution is -2.19. The number of rotatable bonds is 3. The summed E-state index contributed by atoms with van der Waals surface area (Å²) in [5.41, 5.74) is 2.86. The van der Waals surface area contributed by atoms with E-state index in [9.17, 15) is 0 Å². The van der Waals surface area contributed by atoms with E-state index in [1.807, 2.05) is 0 Å². The van der Waals surface area contributed by atoms with Crippen LogP contribution in [0.3, 0.4) is 0 Å². The quantitative estimate of drug-likeness (QED) is 0.743. The van der Waals surface area contributed by atoms with Gasteiger partial charge in [0.05, 0.1) is 5.69 Å². The molecule has 0 spiro atoms. The van der Waals surface area contributed by atoms with E-state index >= 15 is 0 Å². The first kappa shape index (κ1) is 10.7. The molecule has 15 heavy (non-hydrogen) atoms. The minimum absolute atomic E-state index is 0.825. The van der Waals surface area contributed by atoms with Gasteiger partial charge in [0.25, 0.3) is 0 Å². The van der Waals surface area contributed by atoms with Gasteiger partial charge < -0.3 is 4.57 Å². The van der Waals surface area contributed by atoms with Crippen LogP contribution in [0.2, 0.25) is 0 Å². The van der Waals surface area contributed by atoms with Crippen molar-refractivity contribution in [1.29, 1.82) is 0 Å². The lowest BCUT2D eigenvalue weighted by molar-refractivity contribution is 0.387. The number of nitrogens with zero attached hydrogens (tertiary/aromatic N) is 2. The molecule has 2 nitrogen and oxygen atoms in total. The molecule has 2 rings (SSSR count). The monoisotopic (exact) mass is 206 g/mol. The second-order valence-electron chi connectivity index (χ2n) is 4.78. The van der Waals surface area contributed by atoms with Crippen molar-refractivity contribution in [2.24, 2.45) is 5.92 Å². The molecule has 0 fully saturated rings. The standard InChI is InChI=1S/C13H22N2/c1-4-6-11-12(5-2)15-9-10(3)7-8-13(15)14-11/h10H,4-9H2,1-3H3. The van der Waals surface area contributed by atoms with Crippen LogP contribution in [0.1, 0.15) is 50.8 Å². The van der Waals surface area contributed by atoms with Gasteiger partial charge in [-0.1, -0.05) is 27.2 Å². The Bertz CT molecular complexity index is 339. The number of hydrogen-bond donors (Lipinski definition) is 0. The zero-order chi connectivity index (χ0) is 10.8. The molecule has 1 aliphatic rings. The molecule has 0 amide bonds. The molecule has 0 aromatic carbocycles. The third-order valence-electron chi connectivity index (χ3n) is 3.41. The highest BCUT2D eigenvalue weighted by atomic mass is 15.1. The summed E-state index contributed by atoms with van der Waals surface area (Å²) in [5.74, 6) is 2.17. The number of hydrogen-bond acceptors (Lipinski definition) is 1. The number of fused-ring (bicyclic) bond motifs is 1. The predicted octanol–water partition coefficient (Wildman–Crippen LogP) is 2.98. The molecular formula is C13H22N2. The van der Waals surface area contributed by atoms with Gasteiger partial charge in [-0.05, 0) is 25.2 Å². The first-order chi connectivity index (χ1) is 7.26. The minimum atomic E-state index is 0.825. The van der Waals surface area contributed by atoms with Gasteiger partial charge >= 0.3 is 0 Å². The molecular weight excluding hydrogens is 184 g/mol. The molecule has 0 radical (unpaired) electrons. The third kappa shape index (κ3) is 1.95. The Morgan fingerprint density at radius 1 is 1.40 bits per heavy atom. The molecule has 0 bridgehead atoms. The molecule has 1 aromatic heterocycles. The van der Waals surface area contributed by atoms with Crippen molar-refractivity contribution < 1.29 is 0 Å². The molecule has 1 atom stereocenters. The van der Waals surface area contributed by atoms with Crippen LogP contribution in [0.4, 0.5) is 0 Å². The van der Waals surface area contributed by atoms with Crippen LogP contribution in [-0.4, -0.2) is 9.55 Å². The Kier molecular flexibility index (Phi) is 3.13.